The summed E-state index contributed by atoms with van der Waals surface area (Å²) >= 11 is 5.76. The minimum atomic E-state index is -3.96. The van der Waals surface area contributed by atoms with Crippen molar-refractivity contribution in [2.75, 3.05) is 11.9 Å². The van der Waals surface area contributed by atoms with Crippen molar-refractivity contribution in [2.45, 2.75) is 11.8 Å². The molecule has 11 heteroatoms. The lowest BCUT2D eigenvalue weighted by atomic mass is 10.3. The first-order valence-corrected chi connectivity index (χ1v) is 9.26. The second-order valence-corrected chi connectivity index (χ2v) is 7.19. The van der Waals surface area contributed by atoms with E-state index in [4.69, 9.17) is 16.3 Å². The number of carbonyl (C=O) groups is 3. The molecule has 0 saturated carbocycles. The Balaban J connectivity index is 1.93. The number of nitrogens with zero attached hydrogens (tertiary/aromatic N) is 1. The Hall–Kier alpha value is -2.98. The normalized spacial score (nSPS) is 10.7. The highest BCUT2D eigenvalue weighted by molar-refractivity contribution is 7.90. The number of benzene rings is 1. The molecule has 2 amide bonds. The molecule has 9 nitrogen and oxygen atoms in total. The molecule has 0 unspecified atom stereocenters. The fourth-order valence-corrected chi connectivity index (χ4v) is 3.10. The number of aromatic nitrogens is 1. The maximum absolute atomic E-state index is 11.8. The van der Waals surface area contributed by atoms with Gasteiger partial charge in [-0.15, -0.1) is 0 Å². The quantitative estimate of drug-likeness (QED) is 0.541. The molecule has 142 valence electrons. The molecule has 2 N–H and O–H groups in total. The molecule has 0 aliphatic carbocycles. The van der Waals surface area contributed by atoms with Gasteiger partial charge < -0.3 is 10.1 Å². The standard InChI is InChI=1S/C16H14ClN3O6S/c1-10(21)20-27(24,25)12-6-4-11(5-7-12)19-14(22)9-26-16(23)13-3-2-8-18-15(13)17/h2-8H,9H2,1H3,(H,19,22)(H,20,21). The second kappa shape index (κ2) is 8.60. The lowest BCUT2D eigenvalue weighted by Crippen LogP contribution is -2.28. The zero-order chi connectivity index (χ0) is 20.0. The molecule has 0 aliphatic heterocycles. The van der Waals surface area contributed by atoms with Gasteiger partial charge in [0.2, 0.25) is 5.91 Å². The van der Waals surface area contributed by atoms with E-state index in [9.17, 15) is 22.8 Å². The summed E-state index contributed by atoms with van der Waals surface area (Å²) in [5.41, 5.74) is 0.303. The van der Waals surface area contributed by atoms with Crippen molar-refractivity contribution in [3.63, 3.8) is 0 Å². The molecule has 2 rings (SSSR count). The summed E-state index contributed by atoms with van der Waals surface area (Å²) in [6.07, 6.45) is 1.40. The number of ether oxygens (including phenoxy) is 1. The summed E-state index contributed by atoms with van der Waals surface area (Å²) < 4.78 is 30.3. The van der Waals surface area contributed by atoms with Crippen LogP contribution in [0.15, 0.2) is 47.5 Å². The van der Waals surface area contributed by atoms with Gasteiger partial charge in [-0.1, -0.05) is 11.6 Å². The molecule has 2 aromatic rings. The molecule has 1 heterocycles. The van der Waals surface area contributed by atoms with E-state index in [1.807, 2.05) is 4.72 Å². The SMILES string of the molecule is CC(=O)NS(=O)(=O)c1ccc(NC(=O)COC(=O)c2cccnc2Cl)cc1. The van der Waals surface area contributed by atoms with Crippen molar-refractivity contribution in [1.82, 2.24) is 9.71 Å². The third-order valence-electron chi connectivity index (χ3n) is 3.04. The van der Waals surface area contributed by atoms with Gasteiger partial charge in [-0.2, -0.15) is 0 Å². The number of nitrogens with one attached hydrogen (secondary N) is 2. The lowest BCUT2D eigenvalue weighted by Gasteiger charge is -2.08. The lowest BCUT2D eigenvalue weighted by molar-refractivity contribution is -0.119. The third kappa shape index (κ3) is 5.76. The Labute approximate surface area is 159 Å². The summed E-state index contributed by atoms with van der Waals surface area (Å²) in [5, 5.41) is 2.39. The first-order chi connectivity index (χ1) is 12.7. The molecule has 0 radical (unpaired) electrons. The van der Waals surface area contributed by atoms with Crippen LogP contribution in [0, 0.1) is 0 Å². The van der Waals surface area contributed by atoms with Crippen LogP contribution in [0.25, 0.3) is 0 Å². The number of pyridine rings is 1. The number of halogens is 1. The number of hydrogen-bond donors (Lipinski definition) is 2. The minimum absolute atomic E-state index is 0.0273. The molecule has 0 fully saturated rings. The predicted octanol–water partition coefficient (Wildman–Crippen LogP) is 1.36. The molecule has 1 aromatic heterocycles. The second-order valence-electron chi connectivity index (χ2n) is 5.15. The molecule has 0 aliphatic rings. The Kier molecular flexibility index (Phi) is 6.48. The van der Waals surface area contributed by atoms with Crippen molar-refractivity contribution in [3.05, 3.63) is 53.3 Å². The zero-order valence-electron chi connectivity index (χ0n) is 13.9. The summed E-state index contributed by atoms with van der Waals surface area (Å²) in [6.45, 7) is 0.502. The van der Waals surface area contributed by atoms with E-state index in [2.05, 4.69) is 10.3 Å². The Morgan fingerprint density at radius 3 is 2.41 bits per heavy atom. The van der Waals surface area contributed by atoms with E-state index in [0.29, 0.717) is 0 Å². The largest absolute Gasteiger partial charge is 0.452 e. The van der Waals surface area contributed by atoms with Gasteiger partial charge in [-0.3, -0.25) is 9.59 Å². The number of carbonyl (C=O) groups excluding carboxylic acids is 3. The van der Waals surface area contributed by atoms with E-state index in [0.717, 1.165) is 6.92 Å². The highest BCUT2D eigenvalue weighted by Crippen LogP contribution is 2.15. The maximum atomic E-state index is 11.8. The Morgan fingerprint density at radius 2 is 1.81 bits per heavy atom. The summed E-state index contributed by atoms with van der Waals surface area (Å²) in [5.74, 6) is -2.16. The van der Waals surface area contributed by atoms with Gasteiger partial charge in [0.1, 0.15) is 5.15 Å². The van der Waals surface area contributed by atoms with E-state index in [1.165, 1.54) is 42.6 Å². The predicted molar refractivity (Wildman–Crippen MR) is 95.6 cm³/mol. The molecule has 1 aromatic carbocycles. The van der Waals surface area contributed by atoms with Gasteiger partial charge in [0.25, 0.3) is 15.9 Å². The monoisotopic (exact) mass is 411 g/mol. The fourth-order valence-electron chi connectivity index (χ4n) is 1.91. The molecule has 0 bridgehead atoms. The Morgan fingerprint density at radius 1 is 1.15 bits per heavy atom. The average Bonchev–Trinajstić information content (AvgIpc) is 2.59. The van der Waals surface area contributed by atoms with Crippen molar-refractivity contribution in [1.29, 1.82) is 0 Å². The van der Waals surface area contributed by atoms with Gasteiger partial charge in [0.05, 0.1) is 10.5 Å². The van der Waals surface area contributed by atoms with Crippen molar-refractivity contribution < 1.29 is 27.5 Å². The first kappa shape index (κ1) is 20.3. The van der Waals surface area contributed by atoms with Crippen LogP contribution in [-0.2, 0) is 24.3 Å². The number of anilines is 1. The summed E-state index contributed by atoms with van der Waals surface area (Å²) in [6, 6.07) is 7.98. The number of rotatable bonds is 6. The first-order valence-electron chi connectivity index (χ1n) is 7.40. The highest BCUT2D eigenvalue weighted by atomic mass is 35.5. The van der Waals surface area contributed by atoms with Crippen molar-refractivity contribution in [3.8, 4) is 0 Å². The van der Waals surface area contributed by atoms with Gasteiger partial charge in [-0.25, -0.2) is 22.9 Å². The smallest absolute Gasteiger partial charge is 0.341 e. The number of esters is 1. The van der Waals surface area contributed by atoms with Crippen LogP contribution >= 0.6 is 11.6 Å². The van der Waals surface area contributed by atoms with Gasteiger partial charge in [-0.05, 0) is 36.4 Å². The fraction of sp³-hybridized carbons (Fsp3) is 0.125. The molecule has 0 saturated heterocycles. The molecule has 0 spiro atoms. The third-order valence-corrected chi connectivity index (χ3v) is 4.79. The van der Waals surface area contributed by atoms with Gasteiger partial charge >= 0.3 is 5.97 Å². The molecular formula is C16H14ClN3O6S. The number of hydrogen-bond acceptors (Lipinski definition) is 7. The van der Waals surface area contributed by atoms with E-state index in [-0.39, 0.29) is 21.3 Å². The Bertz CT molecular complexity index is 976. The number of amides is 2. The van der Waals surface area contributed by atoms with Crippen LogP contribution < -0.4 is 10.0 Å². The minimum Gasteiger partial charge on any atom is -0.452 e. The van der Waals surface area contributed by atoms with Crippen molar-refractivity contribution in [2.24, 2.45) is 0 Å². The van der Waals surface area contributed by atoms with Crippen LogP contribution in [0.4, 0.5) is 5.69 Å². The molecule has 0 atom stereocenters. The molecule has 27 heavy (non-hydrogen) atoms. The van der Waals surface area contributed by atoms with Crippen LogP contribution in [-0.4, -0.2) is 37.8 Å². The maximum Gasteiger partial charge on any atom is 0.341 e. The molecular weight excluding hydrogens is 398 g/mol. The van der Waals surface area contributed by atoms with Crippen molar-refractivity contribution >= 4 is 45.1 Å². The topological polar surface area (TPSA) is 132 Å². The highest BCUT2D eigenvalue weighted by Gasteiger charge is 2.16. The van der Waals surface area contributed by atoms with E-state index >= 15 is 0 Å². The van der Waals surface area contributed by atoms with Gasteiger partial charge in [0.15, 0.2) is 6.61 Å². The zero-order valence-corrected chi connectivity index (χ0v) is 15.5. The van der Waals surface area contributed by atoms with Crippen LogP contribution in [0.1, 0.15) is 17.3 Å². The van der Waals surface area contributed by atoms with E-state index < -0.39 is 34.4 Å². The number of sulfonamides is 1. The summed E-state index contributed by atoms with van der Waals surface area (Å²) in [7, 11) is -3.96. The summed E-state index contributed by atoms with van der Waals surface area (Å²) in [4.78, 5) is 38.2. The van der Waals surface area contributed by atoms with E-state index in [1.54, 1.807) is 0 Å². The van der Waals surface area contributed by atoms with Crippen LogP contribution in [0.5, 0.6) is 0 Å². The average molecular weight is 412 g/mol. The van der Waals surface area contributed by atoms with Crippen LogP contribution in [0.2, 0.25) is 5.15 Å². The van der Waals surface area contributed by atoms with Gasteiger partial charge in [0, 0.05) is 18.8 Å². The van der Waals surface area contributed by atoms with Crippen LogP contribution in [0.3, 0.4) is 0 Å².